The van der Waals surface area contributed by atoms with Crippen molar-refractivity contribution < 1.29 is 0 Å². The van der Waals surface area contributed by atoms with Crippen LogP contribution < -0.4 is 10.6 Å². The van der Waals surface area contributed by atoms with E-state index in [1.807, 2.05) is 31.2 Å². The van der Waals surface area contributed by atoms with Gasteiger partial charge in [0.15, 0.2) is 0 Å². The highest BCUT2D eigenvalue weighted by atomic mass is 35.5. The Hall–Kier alpha value is -1.81. The summed E-state index contributed by atoms with van der Waals surface area (Å²) in [5.74, 6) is 1.49. The number of hydrogen-bond acceptors (Lipinski definition) is 4. The highest BCUT2D eigenvalue weighted by molar-refractivity contribution is 6.30. The van der Waals surface area contributed by atoms with Crippen molar-refractivity contribution >= 4 is 29.1 Å². The summed E-state index contributed by atoms with van der Waals surface area (Å²) in [6, 6.07) is 8.19. The average Bonchev–Trinajstić information content (AvgIpc) is 2.52. The highest BCUT2D eigenvalue weighted by Crippen LogP contribution is 2.24. The molecule has 116 valence electrons. The Bertz CT molecular complexity index is 638. The number of nitrogens with zero attached hydrogens (tertiary/aromatic N) is 2. The van der Waals surface area contributed by atoms with Crippen molar-refractivity contribution in [2.45, 2.75) is 45.1 Å². The van der Waals surface area contributed by atoms with Crippen molar-refractivity contribution in [3.05, 3.63) is 41.0 Å². The lowest BCUT2D eigenvalue weighted by atomic mass is 9.95. The Morgan fingerprint density at radius 2 is 1.95 bits per heavy atom. The van der Waals surface area contributed by atoms with Crippen molar-refractivity contribution in [1.29, 1.82) is 0 Å². The minimum absolute atomic E-state index is 0.536. The molecule has 3 rings (SSSR count). The van der Waals surface area contributed by atoms with Crippen LogP contribution in [0.25, 0.3) is 0 Å². The fourth-order valence-electron chi connectivity index (χ4n) is 2.84. The standard InChI is InChI=1S/C17H21ClN4/c1-12-11-13(18)7-8-15(12)21-17-19-10-9-16(22-17)20-14-5-3-2-4-6-14/h7-11,14H,2-6H2,1H3,(H2,19,20,21,22). The van der Waals surface area contributed by atoms with Gasteiger partial charge in [-0.15, -0.1) is 0 Å². The van der Waals surface area contributed by atoms with E-state index in [-0.39, 0.29) is 0 Å². The van der Waals surface area contributed by atoms with Gasteiger partial charge in [-0.05, 0) is 49.6 Å². The second kappa shape index (κ2) is 6.97. The quantitative estimate of drug-likeness (QED) is 0.840. The van der Waals surface area contributed by atoms with Crippen LogP contribution in [0.2, 0.25) is 5.02 Å². The number of benzene rings is 1. The number of halogens is 1. The summed E-state index contributed by atoms with van der Waals surface area (Å²) < 4.78 is 0. The SMILES string of the molecule is Cc1cc(Cl)ccc1Nc1nccc(NC2CCCCC2)n1. The van der Waals surface area contributed by atoms with Gasteiger partial charge in [-0.3, -0.25) is 0 Å². The molecule has 0 amide bonds. The molecule has 0 bridgehead atoms. The zero-order valence-corrected chi connectivity index (χ0v) is 13.5. The average molecular weight is 317 g/mol. The molecule has 0 atom stereocenters. The Balaban J connectivity index is 1.70. The van der Waals surface area contributed by atoms with Crippen LogP contribution >= 0.6 is 11.6 Å². The Morgan fingerprint density at radius 1 is 1.14 bits per heavy atom. The Kier molecular flexibility index (Phi) is 4.78. The number of hydrogen-bond donors (Lipinski definition) is 2. The fraction of sp³-hybridized carbons (Fsp3) is 0.412. The van der Waals surface area contributed by atoms with Crippen LogP contribution in [-0.4, -0.2) is 16.0 Å². The molecule has 1 aliphatic rings. The first-order valence-electron chi connectivity index (χ1n) is 7.83. The maximum atomic E-state index is 5.98. The van der Waals surface area contributed by atoms with E-state index < -0.39 is 0 Å². The first kappa shape index (κ1) is 15.1. The zero-order chi connectivity index (χ0) is 15.4. The summed E-state index contributed by atoms with van der Waals surface area (Å²) in [5.41, 5.74) is 2.04. The maximum absolute atomic E-state index is 5.98. The summed E-state index contributed by atoms with van der Waals surface area (Å²) in [7, 11) is 0. The molecule has 0 spiro atoms. The van der Waals surface area contributed by atoms with Gasteiger partial charge in [0.05, 0.1) is 0 Å². The molecule has 0 radical (unpaired) electrons. The molecule has 1 fully saturated rings. The lowest BCUT2D eigenvalue weighted by molar-refractivity contribution is 0.462. The molecule has 1 saturated carbocycles. The maximum Gasteiger partial charge on any atom is 0.229 e. The van der Waals surface area contributed by atoms with Crippen molar-refractivity contribution in [1.82, 2.24) is 9.97 Å². The second-order valence-electron chi connectivity index (χ2n) is 5.83. The smallest absolute Gasteiger partial charge is 0.229 e. The van der Waals surface area contributed by atoms with E-state index in [4.69, 9.17) is 11.6 Å². The van der Waals surface area contributed by atoms with Gasteiger partial charge in [0.25, 0.3) is 0 Å². The van der Waals surface area contributed by atoms with E-state index >= 15 is 0 Å². The molecule has 2 N–H and O–H groups in total. The molecule has 22 heavy (non-hydrogen) atoms. The monoisotopic (exact) mass is 316 g/mol. The number of rotatable bonds is 4. The normalized spacial score (nSPS) is 15.5. The van der Waals surface area contributed by atoms with Crippen LogP contribution in [-0.2, 0) is 0 Å². The topological polar surface area (TPSA) is 49.8 Å². The van der Waals surface area contributed by atoms with Gasteiger partial charge in [-0.1, -0.05) is 30.9 Å². The third kappa shape index (κ3) is 3.89. The molecule has 5 heteroatoms. The van der Waals surface area contributed by atoms with Crippen molar-refractivity contribution in [3.8, 4) is 0 Å². The van der Waals surface area contributed by atoms with E-state index in [0.717, 1.165) is 22.1 Å². The van der Waals surface area contributed by atoms with Gasteiger partial charge in [0, 0.05) is 22.9 Å². The number of nitrogens with one attached hydrogen (secondary N) is 2. The summed E-state index contributed by atoms with van der Waals surface area (Å²) in [6.07, 6.45) is 8.19. The van der Waals surface area contributed by atoms with Gasteiger partial charge < -0.3 is 10.6 Å². The molecule has 4 nitrogen and oxygen atoms in total. The first-order chi connectivity index (χ1) is 10.7. The van der Waals surface area contributed by atoms with Crippen molar-refractivity contribution in [2.24, 2.45) is 0 Å². The fourth-order valence-corrected chi connectivity index (χ4v) is 3.07. The van der Waals surface area contributed by atoms with E-state index in [2.05, 4.69) is 20.6 Å². The summed E-state index contributed by atoms with van der Waals surface area (Å²) in [6.45, 7) is 2.01. The minimum atomic E-state index is 0.536. The van der Waals surface area contributed by atoms with Gasteiger partial charge in [0.2, 0.25) is 5.95 Å². The predicted octanol–water partition coefficient (Wildman–Crippen LogP) is 4.93. The summed E-state index contributed by atoms with van der Waals surface area (Å²) in [5, 5.41) is 7.51. The van der Waals surface area contributed by atoms with Gasteiger partial charge in [-0.2, -0.15) is 4.98 Å². The van der Waals surface area contributed by atoms with E-state index in [1.54, 1.807) is 6.20 Å². The van der Waals surface area contributed by atoms with Crippen LogP contribution in [0.3, 0.4) is 0 Å². The number of aromatic nitrogens is 2. The van der Waals surface area contributed by atoms with E-state index in [1.165, 1.54) is 32.1 Å². The molecule has 0 saturated heterocycles. The van der Waals surface area contributed by atoms with Gasteiger partial charge in [0.1, 0.15) is 5.82 Å². The molecule has 1 aromatic heterocycles. The van der Waals surface area contributed by atoms with Crippen LogP contribution in [0.4, 0.5) is 17.5 Å². The predicted molar refractivity (Wildman–Crippen MR) is 92.0 cm³/mol. The third-order valence-corrected chi connectivity index (χ3v) is 4.28. The molecular formula is C17H21ClN4. The summed E-state index contributed by atoms with van der Waals surface area (Å²) >= 11 is 5.98. The first-order valence-corrected chi connectivity index (χ1v) is 8.21. The third-order valence-electron chi connectivity index (χ3n) is 4.05. The summed E-state index contributed by atoms with van der Waals surface area (Å²) in [4.78, 5) is 8.86. The lowest BCUT2D eigenvalue weighted by Gasteiger charge is -2.23. The molecular weight excluding hydrogens is 296 g/mol. The van der Waals surface area contributed by atoms with Crippen molar-refractivity contribution in [3.63, 3.8) is 0 Å². The highest BCUT2D eigenvalue weighted by Gasteiger charge is 2.13. The van der Waals surface area contributed by atoms with Crippen molar-refractivity contribution in [2.75, 3.05) is 10.6 Å². The molecule has 2 aromatic rings. The van der Waals surface area contributed by atoms with E-state index in [9.17, 15) is 0 Å². The zero-order valence-electron chi connectivity index (χ0n) is 12.8. The van der Waals surface area contributed by atoms with Crippen LogP contribution in [0.5, 0.6) is 0 Å². The lowest BCUT2D eigenvalue weighted by Crippen LogP contribution is -2.22. The largest absolute Gasteiger partial charge is 0.367 e. The second-order valence-corrected chi connectivity index (χ2v) is 6.27. The Morgan fingerprint density at radius 3 is 2.73 bits per heavy atom. The van der Waals surface area contributed by atoms with Gasteiger partial charge >= 0.3 is 0 Å². The van der Waals surface area contributed by atoms with E-state index in [0.29, 0.717) is 12.0 Å². The molecule has 1 heterocycles. The number of aryl methyl sites for hydroxylation is 1. The van der Waals surface area contributed by atoms with Crippen LogP contribution in [0.1, 0.15) is 37.7 Å². The van der Waals surface area contributed by atoms with Gasteiger partial charge in [-0.25, -0.2) is 4.98 Å². The molecule has 0 unspecified atom stereocenters. The van der Waals surface area contributed by atoms with Crippen LogP contribution in [0.15, 0.2) is 30.5 Å². The number of anilines is 3. The van der Waals surface area contributed by atoms with Crippen LogP contribution in [0, 0.1) is 6.92 Å². The molecule has 1 aromatic carbocycles. The Labute approximate surface area is 136 Å². The minimum Gasteiger partial charge on any atom is -0.367 e. The molecule has 1 aliphatic carbocycles. The molecule has 0 aliphatic heterocycles.